The van der Waals surface area contributed by atoms with Crippen molar-refractivity contribution in [2.45, 2.75) is 6.92 Å². The van der Waals surface area contributed by atoms with E-state index in [0.717, 1.165) is 24.4 Å². The number of nitrogens with one attached hydrogen (secondary N) is 1. The molecule has 0 fully saturated rings. The molecular weight excluding hydrogens is 209 g/mol. The van der Waals surface area contributed by atoms with Crippen molar-refractivity contribution in [1.82, 2.24) is 5.32 Å². The monoisotopic (exact) mass is 227 g/mol. The molecular formula is C12H18FNO2. The molecule has 0 spiro atoms. The third kappa shape index (κ3) is 4.59. The van der Waals surface area contributed by atoms with Crippen LogP contribution in [0.2, 0.25) is 0 Å². The standard InChI is InChI=1S/C12H18FNO2/c1-10-9-11(13)3-4-12(10)16-8-6-14-5-7-15-2/h3-4,9,14H,5-8H2,1-2H3. The van der Waals surface area contributed by atoms with Crippen molar-refractivity contribution < 1.29 is 13.9 Å². The van der Waals surface area contributed by atoms with Crippen LogP contribution in [0.5, 0.6) is 5.75 Å². The second kappa shape index (κ2) is 7.19. The van der Waals surface area contributed by atoms with Crippen LogP contribution in [0.3, 0.4) is 0 Å². The van der Waals surface area contributed by atoms with Crippen molar-refractivity contribution >= 4 is 0 Å². The molecule has 0 aliphatic carbocycles. The number of ether oxygens (including phenoxy) is 2. The molecule has 1 N–H and O–H groups in total. The maximum Gasteiger partial charge on any atom is 0.123 e. The lowest BCUT2D eigenvalue weighted by Gasteiger charge is -2.09. The van der Waals surface area contributed by atoms with E-state index in [-0.39, 0.29) is 5.82 Å². The van der Waals surface area contributed by atoms with Crippen LogP contribution in [0, 0.1) is 12.7 Å². The molecule has 0 bridgehead atoms. The van der Waals surface area contributed by atoms with Crippen molar-refractivity contribution in [1.29, 1.82) is 0 Å². The Labute approximate surface area is 95.6 Å². The molecule has 0 aromatic heterocycles. The van der Waals surface area contributed by atoms with Crippen molar-refractivity contribution in [3.05, 3.63) is 29.6 Å². The van der Waals surface area contributed by atoms with Gasteiger partial charge < -0.3 is 14.8 Å². The first-order valence-corrected chi connectivity index (χ1v) is 5.32. The van der Waals surface area contributed by atoms with E-state index in [1.807, 2.05) is 6.92 Å². The van der Waals surface area contributed by atoms with E-state index in [9.17, 15) is 4.39 Å². The van der Waals surface area contributed by atoms with Crippen LogP contribution in [0.15, 0.2) is 18.2 Å². The average Bonchev–Trinajstić information content (AvgIpc) is 2.26. The van der Waals surface area contributed by atoms with Gasteiger partial charge >= 0.3 is 0 Å². The van der Waals surface area contributed by atoms with E-state index in [2.05, 4.69) is 5.32 Å². The molecule has 16 heavy (non-hydrogen) atoms. The van der Waals surface area contributed by atoms with Crippen molar-refractivity contribution in [3.63, 3.8) is 0 Å². The van der Waals surface area contributed by atoms with Gasteiger partial charge in [-0.25, -0.2) is 4.39 Å². The number of aryl methyl sites for hydroxylation is 1. The van der Waals surface area contributed by atoms with Gasteiger partial charge in [0.05, 0.1) is 6.61 Å². The Morgan fingerprint density at radius 2 is 2.00 bits per heavy atom. The van der Waals surface area contributed by atoms with Gasteiger partial charge in [-0.05, 0) is 30.7 Å². The summed E-state index contributed by atoms with van der Waals surface area (Å²) < 4.78 is 23.2. The molecule has 0 saturated heterocycles. The minimum Gasteiger partial charge on any atom is -0.492 e. The lowest BCUT2D eigenvalue weighted by Crippen LogP contribution is -2.24. The zero-order chi connectivity index (χ0) is 11.8. The number of rotatable bonds is 7. The first-order valence-electron chi connectivity index (χ1n) is 5.32. The zero-order valence-corrected chi connectivity index (χ0v) is 9.75. The Hall–Kier alpha value is -1.13. The molecule has 0 aliphatic heterocycles. The van der Waals surface area contributed by atoms with Gasteiger partial charge in [0.2, 0.25) is 0 Å². The van der Waals surface area contributed by atoms with Gasteiger partial charge in [0.1, 0.15) is 18.2 Å². The highest BCUT2D eigenvalue weighted by Gasteiger charge is 2.00. The van der Waals surface area contributed by atoms with Crippen molar-refractivity contribution in [2.75, 3.05) is 33.4 Å². The largest absolute Gasteiger partial charge is 0.492 e. The number of methoxy groups -OCH3 is 1. The Morgan fingerprint density at radius 1 is 1.25 bits per heavy atom. The van der Waals surface area contributed by atoms with E-state index in [4.69, 9.17) is 9.47 Å². The molecule has 1 aromatic rings. The highest BCUT2D eigenvalue weighted by atomic mass is 19.1. The molecule has 3 nitrogen and oxygen atoms in total. The SMILES string of the molecule is COCCNCCOc1ccc(F)cc1C. The number of benzene rings is 1. The molecule has 1 rings (SSSR count). The van der Waals surface area contributed by atoms with Gasteiger partial charge in [-0.3, -0.25) is 0 Å². The molecule has 0 saturated carbocycles. The van der Waals surface area contributed by atoms with Gasteiger partial charge in [0.15, 0.2) is 0 Å². The molecule has 1 aromatic carbocycles. The zero-order valence-electron chi connectivity index (χ0n) is 9.75. The lowest BCUT2D eigenvalue weighted by molar-refractivity contribution is 0.196. The van der Waals surface area contributed by atoms with E-state index < -0.39 is 0 Å². The molecule has 0 aliphatic rings. The maximum absolute atomic E-state index is 12.8. The normalized spacial score (nSPS) is 10.4. The first-order chi connectivity index (χ1) is 7.74. The summed E-state index contributed by atoms with van der Waals surface area (Å²) in [4.78, 5) is 0. The molecule has 90 valence electrons. The van der Waals surface area contributed by atoms with Crippen LogP contribution in [0.25, 0.3) is 0 Å². The topological polar surface area (TPSA) is 30.5 Å². The Morgan fingerprint density at radius 3 is 2.69 bits per heavy atom. The van der Waals surface area contributed by atoms with E-state index in [1.54, 1.807) is 13.2 Å². The average molecular weight is 227 g/mol. The number of hydrogen-bond acceptors (Lipinski definition) is 3. The molecule has 4 heteroatoms. The summed E-state index contributed by atoms with van der Waals surface area (Å²) >= 11 is 0. The van der Waals surface area contributed by atoms with Crippen molar-refractivity contribution in [3.8, 4) is 5.75 Å². The fraction of sp³-hybridized carbons (Fsp3) is 0.500. The number of hydrogen-bond donors (Lipinski definition) is 1. The lowest BCUT2D eigenvalue weighted by atomic mass is 10.2. The summed E-state index contributed by atoms with van der Waals surface area (Å²) in [5.41, 5.74) is 0.817. The summed E-state index contributed by atoms with van der Waals surface area (Å²) in [5.74, 6) is 0.498. The quantitative estimate of drug-likeness (QED) is 0.720. The van der Waals surface area contributed by atoms with E-state index >= 15 is 0 Å². The first kappa shape index (κ1) is 12.9. The van der Waals surface area contributed by atoms with Crippen LogP contribution in [-0.2, 0) is 4.74 Å². The van der Waals surface area contributed by atoms with Gasteiger partial charge in [0, 0.05) is 20.2 Å². The Bertz CT molecular complexity index is 318. The van der Waals surface area contributed by atoms with Gasteiger partial charge in [0.25, 0.3) is 0 Å². The van der Waals surface area contributed by atoms with Crippen molar-refractivity contribution in [2.24, 2.45) is 0 Å². The number of halogens is 1. The van der Waals surface area contributed by atoms with Gasteiger partial charge in [-0.1, -0.05) is 0 Å². The molecule has 0 unspecified atom stereocenters. The molecule has 0 radical (unpaired) electrons. The summed E-state index contributed by atoms with van der Waals surface area (Å²) in [6.45, 7) is 4.64. The Kier molecular flexibility index (Phi) is 5.82. The third-order valence-electron chi connectivity index (χ3n) is 2.16. The summed E-state index contributed by atoms with van der Waals surface area (Å²) in [5, 5.41) is 3.16. The maximum atomic E-state index is 12.8. The molecule has 0 heterocycles. The second-order valence-electron chi connectivity index (χ2n) is 3.50. The minimum absolute atomic E-state index is 0.233. The van der Waals surface area contributed by atoms with Crippen LogP contribution in [-0.4, -0.2) is 33.4 Å². The fourth-order valence-electron chi connectivity index (χ4n) is 1.31. The molecule has 0 atom stereocenters. The van der Waals surface area contributed by atoms with Crippen LogP contribution in [0.4, 0.5) is 4.39 Å². The summed E-state index contributed by atoms with van der Waals surface area (Å²) in [6, 6.07) is 4.52. The smallest absolute Gasteiger partial charge is 0.123 e. The third-order valence-corrected chi connectivity index (χ3v) is 2.16. The summed E-state index contributed by atoms with van der Waals surface area (Å²) in [7, 11) is 1.67. The Balaban J connectivity index is 2.21. The second-order valence-corrected chi connectivity index (χ2v) is 3.50. The van der Waals surface area contributed by atoms with Gasteiger partial charge in [-0.2, -0.15) is 0 Å². The van der Waals surface area contributed by atoms with Crippen LogP contribution < -0.4 is 10.1 Å². The highest BCUT2D eigenvalue weighted by molar-refractivity contribution is 5.32. The summed E-state index contributed by atoms with van der Waals surface area (Å²) in [6.07, 6.45) is 0. The van der Waals surface area contributed by atoms with E-state index in [1.165, 1.54) is 12.1 Å². The fourth-order valence-corrected chi connectivity index (χ4v) is 1.31. The van der Waals surface area contributed by atoms with Crippen LogP contribution in [0.1, 0.15) is 5.56 Å². The highest BCUT2D eigenvalue weighted by Crippen LogP contribution is 2.17. The van der Waals surface area contributed by atoms with E-state index in [0.29, 0.717) is 13.2 Å². The van der Waals surface area contributed by atoms with Crippen LogP contribution >= 0.6 is 0 Å². The minimum atomic E-state index is -0.233. The predicted octanol–water partition coefficient (Wildman–Crippen LogP) is 1.75. The predicted molar refractivity (Wildman–Crippen MR) is 61.4 cm³/mol. The van der Waals surface area contributed by atoms with Gasteiger partial charge in [-0.15, -0.1) is 0 Å². The molecule has 0 amide bonds.